The van der Waals surface area contributed by atoms with E-state index in [2.05, 4.69) is 33.4 Å². The molecule has 0 heterocycles. The van der Waals surface area contributed by atoms with Crippen LogP contribution in [0.2, 0.25) is 0 Å². The molecule has 0 saturated heterocycles. The van der Waals surface area contributed by atoms with Gasteiger partial charge in [0.2, 0.25) is 0 Å². The number of thiol groups is 1. The van der Waals surface area contributed by atoms with E-state index >= 15 is 0 Å². The Morgan fingerprint density at radius 2 is 2.00 bits per heavy atom. The molecule has 0 saturated carbocycles. The van der Waals surface area contributed by atoms with Crippen molar-refractivity contribution in [3.8, 4) is 0 Å². The quantitative estimate of drug-likeness (QED) is 0.603. The van der Waals surface area contributed by atoms with Crippen molar-refractivity contribution in [3.63, 3.8) is 0 Å². The fraction of sp³-hybridized carbons (Fsp3) is 1.00. The Morgan fingerprint density at radius 1 is 1.56 bits per heavy atom. The number of rotatable bonds is 3. The van der Waals surface area contributed by atoms with Crippen LogP contribution in [0, 0.1) is 0 Å². The van der Waals surface area contributed by atoms with Crippen LogP contribution in [-0.4, -0.2) is 18.0 Å². The highest BCUT2D eigenvalue weighted by atomic mass is 32.1. The second kappa shape index (κ2) is 3.47. The molecule has 0 aromatic rings. The van der Waals surface area contributed by atoms with Crippen LogP contribution in [0.4, 0.5) is 0 Å². The van der Waals surface area contributed by atoms with Crippen LogP contribution in [0.25, 0.3) is 0 Å². The molecule has 2 heteroatoms. The molecule has 1 nitrogen and oxygen atoms in total. The highest BCUT2D eigenvalue weighted by Crippen LogP contribution is 2.19. The summed E-state index contributed by atoms with van der Waals surface area (Å²) in [5.41, 5.74) is 0. The van der Waals surface area contributed by atoms with Gasteiger partial charge in [-0.2, -0.15) is 12.6 Å². The Kier molecular flexibility index (Phi) is 3.59. The van der Waals surface area contributed by atoms with E-state index < -0.39 is 0 Å². The van der Waals surface area contributed by atoms with Gasteiger partial charge in [0.05, 0.1) is 6.10 Å². The molecular formula is C7H16OS. The Labute approximate surface area is 63.2 Å². The van der Waals surface area contributed by atoms with E-state index in [4.69, 9.17) is 4.74 Å². The van der Waals surface area contributed by atoms with Crippen LogP contribution in [-0.2, 0) is 4.74 Å². The van der Waals surface area contributed by atoms with Crippen molar-refractivity contribution < 1.29 is 4.74 Å². The summed E-state index contributed by atoms with van der Waals surface area (Å²) in [4.78, 5) is 0. The third-order valence-electron chi connectivity index (χ3n) is 1.19. The summed E-state index contributed by atoms with van der Waals surface area (Å²) < 4.78 is 5.17. The summed E-state index contributed by atoms with van der Waals surface area (Å²) in [6.07, 6.45) is 1.31. The first kappa shape index (κ1) is 9.31. The molecule has 0 bridgehead atoms. The van der Waals surface area contributed by atoms with Crippen molar-refractivity contribution in [3.05, 3.63) is 0 Å². The largest absolute Gasteiger partial charge is 0.382 e. The summed E-state index contributed by atoms with van der Waals surface area (Å²) in [6.45, 7) is 6.23. The Morgan fingerprint density at radius 3 is 2.11 bits per heavy atom. The smallest absolute Gasteiger partial charge is 0.0556 e. The third kappa shape index (κ3) is 6.19. The van der Waals surface area contributed by atoms with Gasteiger partial charge in [-0.3, -0.25) is 0 Å². The average Bonchev–Trinajstić information content (AvgIpc) is 1.62. The van der Waals surface area contributed by atoms with Gasteiger partial charge in [0, 0.05) is 11.9 Å². The van der Waals surface area contributed by atoms with Crippen molar-refractivity contribution in [2.75, 3.05) is 7.11 Å². The molecule has 0 aromatic heterocycles. The van der Waals surface area contributed by atoms with Gasteiger partial charge < -0.3 is 4.74 Å². The number of hydrogen-bond acceptors (Lipinski definition) is 2. The second-order valence-corrected chi connectivity index (χ2v) is 4.27. The van der Waals surface area contributed by atoms with E-state index in [0.29, 0.717) is 6.10 Å². The minimum absolute atomic E-state index is 0.0927. The standard InChI is InChI=1S/C7H16OS/c1-6(8-4)5-7(2,3)9/h6,9H,5H2,1-4H3. The van der Waals surface area contributed by atoms with Gasteiger partial charge >= 0.3 is 0 Å². The van der Waals surface area contributed by atoms with Crippen LogP contribution >= 0.6 is 12.6 Å². The van der Waals surface area contributed by atoms with E-state index in [1.807, 2.05) is 0 Å². The zero-order chi connectivity index (χ0) is 7.49. The maximum absolute atomic E-state index is 5.08. The van der Waals surface area contributed by atoms with E-state index in [9.17, 15) is 0 Å². The van der Waals surface area contributed by atoms with Crippen LogP contribution in [0.1, 0.15) is 27.2 Å². The summed E-state index contributed by atoms with van der Waals surface area (Å²) in [7, 11) is 1.73. The van der Waals surface area contributed by atoms with Crippen LogP contribution in [0.5, 0.6) is 0 Å². The minimum atomic E-state index is 0.0927. The molecule has 0 aliphatic rings. The molecule has 0 spiro atoms. The Hall–Kier alpha value is 0.310. The summed E-state index contributed by atoms with van der Waals surface area (Å²) in [6, 6.07) is 0. The van der Waals surface area contributed by atoms with E-state index in [1.165, 1.54) is 0 Å². The molecule has 1 atom stereocenters. The molecule has 1 unspecified atom stereocenters. The predicted octanol–water partition coefficient (Wildman–Crippen LogP) is 2.12. The normalized spacial score (nSPS) is 15.7. The van der Waals surface area contributed by atoms with Gasteiger partial charge in [0.1, 0.15) is 0 Å². The molecular weight excluding hydrogens is 132 g/mol. The first-order valence-corrected chi connectivity index (χ1v) is 3.65. The van der Waals surface area contributed by atoms with Crippen molar-refractivity contribution in [1.82, 2.24) is 0 Å². The highest BCUT2D eigenvalue weighted by molar-refractivity contribution is 7.81. The van der Waals surface area contributed by atoms with Crippen molar-refractivity contribution in [2.24, 2.45) is 0 Å². The lowest BCUT2D eigenvalue weighted by atomic mass is 10.1. The summed E-state index contributed by atoms with van der Waals surface area (Å²) in [5.74, 6) is 0. The highest BCUT2D eigenvalue weighted by Gasteiger charge is 2.14. The third-order valence-corrected chi connectivity index (χ3v) is 1.37. The molecule has 56 valence electrons. The fourth-order valence-electron chi connectivity index (χ4n) is 0.787. The maximum atomic E-state index is 5.08. The van der Waals surface area contributed by atoms with Crippen LogP contribution in [0.3, 0.4) is 0 Å². The molecule has 0 amide bonds. The fourth-order valence-corrected chi connectivity index (χ4v) is 1.04. The number of methoxy groups -OCH3 is 1. The van der Waals surface area contributed by atoms with Crippen LogP contribution < -0.4 is 0 Å². The first-order chi connectivity index (χ1) is 3.95. The molecule has 0 aliphatic carbocycles. The molecule has 0 aliphatic heterocycles. The predicted molar refractivity (Wildman–Crippen MR) is 44.2 cm³/mol. The van der Waals surface area contributed by atoms with Gasteiger partial charge in [-0.05, 0) is 13.3 Å². The average molecular weight is 148 g/mol. The van der Waals surface area contributed by atoms with Crippen molar-refractivity contribution >= 4 is 12.6 Å². The SMILES string of the molecule is COC(C)CC(C)(C)S. The maximum Gasteiger partial charge on any atom is 0.0556 e. The lowest BCUT2D eigenvalue weighted by Gasteiger charge is -2.20. The van der Waals surface area contributed by atoms with E-state index in [0.717, 1.165) is 6.42 Å². The van der Waals surface area contributed by atoms with Gasteiger partial charge in [-0.15, -0.1) is 0 Å². The zero-order valence-corrected chi connectivity index (χ0v) is 7.53. The van der Waals surface area contributed by atoms with Crippen molar-refractivity contribution in [2.45, 2.75) is 38.0 Å². The lowest BCUT2D eigenvalue weighted by Crippen LogP contribution is -2.19. The Balaban J connectivity index is 3.47. The van der Waals surface area contributed by atoms with E-state index in [1.54, 1.807) is 7.11 Å². The van der Waals surface area contributed by atoms with Gasteiger partial charge in [-0.25, -0.2) is 0 Å². The second-order valence-electron chi connectivity index (χ2n) is 3.06. The molecule has 0 aromatic carbocycles. The summed E-state index contributed by atoms with van der Waals surface area (Å²) in [5, 5.41) is 0. The topological polar surface area (TPSA) is 9.23 Å². The monoisotopic (exact) mass is 148 g/mol. The zero-order valence-electron chi connectivity index (χ0n) is 6.64. The van der Waals surface area contributed by atoms with E-state index in [-0.39, 0.29) is 4.75 Å². The molecule has 0 rings (SSSR count). The molecule has 0 fully saturated rings. The van der Waals surface area contributed by atoms with Gasteiger partial charge in [0.25, 0.3) is 0 Å². The van der Waals surface area contributed by atoms with Gasteiger partial charge in [0.15, 0.2) is 0 Å². The molecule has 0 radical (unpaired) electrons. The summed E-state index contributed by atoms with van der Waals surface area (Å²) >= 11 is 4.37. The number of hydrogen-bond donors (Lipinski definition) is 1. The molecule has 9 heavy (non-hydrogen) atoms. The first-order valence-electron chi connectivity index (χ1n) is 3.21. The van der Waals surface area contributed by atoms with Gasteiger partial charge in [-0.1, -0.05) is 13.8 Å². The van der Waals surface area contributed by atoms with Crippen LogP contribution in [0.15, 0.2) is 0 Å². The molecule has 0 N–H and O–H groups in total. The Bertz CT molecular complexity index is 75.5. The van der Waals surface area contributed by atoms with Crippen molar-refractivity contribution in [1.29, 1.82) is 0 Å². The lowest BCUT2D eigenvalue weighted by molar-refractivity contribution is 0.104. The minimum Gasteiger partial charge on any atom is -0.382 e. The number of ether oxygens (including phenoxy) is 1.